The molecular weight excluding hydrogens is 511 g/mol. The maximum absolute atomic E-state index is 12.0. The molecule has 0 spiro atoms. The molecule has 0 bridgehead atoms. The normalized spacial score (nSPS) is 15.7. The van der Waals surface area contributed by atoms with Gasteiger partial charge >= 0.3 is 19.8 Å². The van der Waals surface area contributed by atoms with Crippen molar-refractivity contribution in [3.63, 3.8) is 0 Å². The Bertz CT molecular complexity index is 909. The lowest BCUT2D eigenvalue weighted by Crippen LogP contribution is -2.54. The number of carboxylic acid groups (broad SMARTS) is 1. The van der Waals surface area contributed by atoms with Gasteiger partial charge in [-0.2, -0.15) is 8.42 Å². The highest BCUT2D eigenvalue weighted by molar-refractivity contribution is 7.85. The number of carboxylic acids is 1. The van der Waals surface area contributed by atoms with Crippen LogP contribution in [-0.4, -0.2) is 101 Å². The zero-order chi connectivity index (χ0) is 26.7. The highest BCUT2D eigenvalue weighted by Crippen LogP contribution is 2.43. The molecule has 0 rings (SSSR count). The molecule has 0 aliphatic heterocycles. The highest BCUT2D eigenvalue weighted by Gasteiger charge is 2.34. The number of phosphoric acid groups is 1. The maximum Gasteiger partial charge on any atom is 0.529 e. The van der Waals surface area contributed by atoms with Crippen molar-refractivity contribution in [3.8, 4) is 0 Å². The Hall–Kier alpha value is -2.67. The summed E-state index contributed by atoms with van der Waals surface area (Å²) in [5.74, 6) is -7.06. The number of hydrogen-bond acceptors (Lipinski definition) is 12. The lowest BCUT2D eigenvalue weighted by molar-refractivity contribution is -0.146. The fourth-order valence-corrected chi connectivity index (χ4v) is 3.08. The first-order valence-electron chi connectivity index (χ1n) is 9.06. The van der Waals surface area contributed by atoms with Gasteiger partial charge in [-0.25, -0.2) is 9.36 Å². The van der Waals surface area contributed by atoms with Gasteiger partial charge in [0.2, 0.25) is 17.7 Å². The van der Waals surface area contributed by atoms with Crippen molar-refractivity contribution in [1.29, 1.82) is 0 Å². The molecule has 20 heteroatoms. The van der Waals surface area contributed by atoms with Crippen LogP contribution in [0.2, 0.25) is 0 Å². The van der Waals surface area contributed by atoms with Crippen molar-refractivity contribution in [2.24, 2.45) is 5.73 Å². The van der Waals surface area contributed by atoms with E-state index in [0.29, 0.717) is 0 Å². The van der Waals surface area contributed by atoms with E-state index in [-0.39, 0.29) is 0 Å². The Morgan fingerprint density at radius 2 is 1.68 bits per heavy atom. The van der Waals surface area contributed by atoms with Crippen molar-refractivity contribution in [1.82, 2.24) is 16.0 Å². The van der Waals surface area contributed by atoms with Crippen LogP contribution in [0.1, 0.15) is 13.3 Å². The number of carbonyl (C=O) groups excluding carboxylic acids is 4. The predicted octanol–water partition coefficient (Wildman–Crippen LogP) is -4.57. The van der Waals surface area contributed by atoms with Gasteiger partial charge in [0.15, 0.2) is 0 Å². The molecule has 0 aliphatic rings. The summed E-state index contributed by atoms with van der Waals surface area (Å²) in [5.41, 5.74) is 5.44. The number of nitrogens with two attached hydrogens (primary N) is 1. The third-order valence-electron chi connectivity index (χ3n) is 3.47. The smallest absolute Gasteiger partial charge is 0.481 e. The molecule has 196 valence electrons. The van der Waals surface area contributed by atoms with E-state index in [9.17, 15) is 47.0 Å². The molecule has 34 heavy (non-hydrogen) atoms. The Kier molecular flexibility index (Phi) is 12.8. The minimum absolute atomic E-state index is 0.542. The summed E-state index contributed by atoms with van der Waals surface area (Å²) in [6.45, 7) is -1.61. The van der Waals surface area contributed by atoms with Crippen LogP contribution in [-0.2, 0) is 47.7 Å². The SMILES string of the molecule is CC(=O)N[C@@H](CC(=O)O)C(=O)OP(=O)(O)OC[C@H](N)C(=O)N[C@@H](CO)C(=O)NCCS(=O)(=O)O. The van der Waals surface area contributed by atoms with Crippen molar-refractivity contribution in [2.45, 2.75) is 31.5 Å². The lowest BCUT2D eigenvalue weighted by atomic mass is 10.2. The molecule has 0 aromatic heterocycles. The molecule has 4 atom stereocenters. The second kappa shape index (κ2) is 13.9. The van der Waals surface area contributed by atoms with E-state index in [1.54, 1.807) is 0 Å². The molecular formula is C14H25N4O14PS. The zero-order valence-corrected chi connectivity index (χ0v) is 19.3. The summed E-state index contributed by atoms with van der Waals surface area (Å²) in [6.07, 6.45) is -0.977. The first-order valence-corrected chi connectivity index (χ1v) is 12.2. The van der Waals surface area contributed by atoms with Gasteiger partial charge in [-0.05, 0) is 0 Å². The van der Waals surface area contributed by atoms with Gasteiger partial charge in [-0.3, -0.25) is 33.1 Å². The number of rotatable bonds is 15. The van der Waals surface area contributed by atoms with E-state index in [1.807, 2.05) is 16.0 Å². The first-order chi connectivity index (χ1) is 15.5. The van der Waals surface area contributed by atoms with E-state index in [2.05, 4.69) is 9.05 Å². The molecule has 0 aromatic rings. The number of aliphatic hydroxyl groups excluding tert-OH is 1. The Morgan fingerprint density at radius 1 is 1.09 bits per heavy atom. The number of nitrogens with one attached hydrogen (secondary N) is 3. The van der Waals surface area contributed by atoms with Crippen molar-refractivity contribution >= 4 is 47.6 Å². The van der Waals surface area contributed by atoms with Crippen molar-refractivity contribution in [3.05, 3.63) is 0 Å². The van der Waals surface area contributed by atoms with Crippen LogP contribution < -0.4 is 21.7 Å². The predicted molar refractivity (Wildman–Crippen MR) is 108 cm³/mol. The third kappa shape index (κ3) is 13.8. The molecule has 0 radical (unpaired) electrons. The Balaban J connectivity index is 4.85. The molecule has 18 nitrogen and oxygen atoms in total. The van der Waals surface area contributed by atoms with Gasteiger partial charge in [0.05, 0.1) is 25.4 Å². The Morgan fingerprint density at radius 3 is 2.15 bits per heavy atom. The number of phosphoric ester groups is 1. The quantitative estimate of drug-likeness (QED) is 0.0721. The van der Waals surface area contributed by atoms with E-state index < -0.39 is 97.7 Å². The molecule has 0 aliphatic carbocycles. The molecule has 0 saturated carbocycles. The van der Waals surface area contributed by atoms with E-state index in [4.69, 9.17) is 15.4 Å². The van der Waals surface area contributed by atoms with Crippen molar-refractivity contribution < 1.29 is 65.7 Å². The average molecular weight is 536 g/mol. The van der Waals surface area contributed by atoms with Crippen LogP contribution in [0.25, 0.3) is 0 Å². The first kappa shape index (κ1) is 31.3. The van der Waals surface area contributed by atoms with Crippen LogP contribution in [0, 0.1) is 0 Å². The van der Waals surface area contributed by atoms with E-state index in [1.165, 1.54) is 0 Å². The molecule has 0 aromatic carbocycles. The fraction of sp³-hybridized carbons (Fsp3) is 0.643. The zero-order valence-electron chi connectivity index (χ0n) is 17.6. The summed E-state index contributed by atoms with van der Waals surface area (Å²) in [6, 6.07) is -5.18. The highest BCUT2D eigenvalue weighted by atomic mass is 32.2. The molecule has 0 saturated heterocycles. The van der Waals surface area contributed by atoms with E-state index in [0.717, 1.165) is 6.92 Å². The minimum atomic E-state index is -5.24. The maximum atomic E-state index is 12.0. The number of aliphatic hydroxyl groups is 1. The number of amides is 3. The van der Waals surface area contributed by atoms with Gasteiger partial charge in [-0.15, -0.1) is 0 Å². The van der Waals surface area contributed by atoms with Gasteiger partial charge < -0.3 is 36.4 Å². The molecule has 9 N–H and O–H groups in total. The summed E-state index contributed by atoms with van der Waals surface area (Å²) in [4.78, 5) is 67.1. The molecule has 0 heterocycles. The lowest BCUT2D eigenvalue weighted by Gasteiger charge is -2.20. The van der Waals surface area contributed by atoms with Crippen molar-refractivity contribution in [2.75, 3.05) is 25.5 Å². The topological polar surface area (TPSA) is 298 Å². The largest absolute Gasteiger partial charge is 0.529 e. The molecule has 0 fully saturated rings. The van der Waals surface area contributed by atoms with Gasteiger partial charge in [0.25, 0.3) is 10.1 Å². The average Bonchev–Trinajstić information content (AvgIpc) is 2.67. The van der Waals surface area contributed by atoms with Crippen LogP contribution in [0.3, 0.4) is 0 Å². The van der Waals surface area contributed by atoms with Crippen LogP contribution in [0.4, 0.5) is 0 Å². The fourth-order valence-electron chi connectivity index (χ4n) is 1.97. The summed E-state index contributed by atoms with van der Waals surface area (Å²) >= 11 is 0. The Labute approximate surface area is 192 Å². The minimum Gasteiger partial charge on any atom is -0.481 e. The summed E-state index contributed by atoms with van der Waals surface area (Å²) in [5, 5.41) is 23.8. The van der Waals surface area contributed by atoms with Gasteiger partial charge in [-0.1, -0.05) is 0 Å². The molecule has 1 unspecified atom stereocenters. The number of hydrogen-bond donors (Lipinski definition) is 8. The standard InChI is InChI=1S/C14H25N4O14PS/c1-7(20)17-9(4-11(21)22)14(25)32-33(26,27)31-6-8(15)12(23)18-10(5-19)13(24)16-2-3-34(28,29)30/h8-10,19H,2-6,15H2,1H3,(H,16,24)(H,17,20)(H,18,23)(H,21,22)(H,26,27)(H,28,29,30)/t8-,9-,10-/m0/s1. The van der Waals surface area contributed by atoms with Crippen LogP contribution >= 0.6 is 7.82 Å². The van der Waals surface area contributed by atoms with Crippen LogP contribution in [0.5, 0.6) is 0 Å². The second-order valence-electron chi connectivity index (χ2n) is 6.45. The van der Waals surface area contributed by atoms with Gasteiger partial charge in [0.1, 0.15) is 18.1 Å². The summed E-state index contributed by atoms with van der Waals surface area (Å²) < 4.78 is 50.2. The summed E-state index contributed by atoms with van der Waals surface area (Å²) in [7, 11) is -9.61. The van der Waals surface area contributed by atoms with Gasteiger partial charge in [0, 0.05) is 13.5 Å². The third-order valence-corrected chi connectivity index (χ3v) is 5.08. The number of aliphatic carboxylic acids is 1. The monoisotopic (exact) mass is 536 g/mol. The molecule has 3 amide bonds. The number of carbonyl (C=O) groups is 5. The second-order valence-corrected chi connectivity index (χ2v) is 9.40. The van der Waals surface area contributed by atoms with E-state index >= 15 is 0 Å². The van der Waals surface area contributed by atoms with Crippen LogP contribution in [0.15, 0.2) is 0 Å².